The zero-order valence-electron chi connectivity index (χ0n) is 21.5. The number of hydrazone groups is 1. The van der Waals surface area contributed by atoms with Crippen LogP contribution in [0.3, 0.4) is 0 Å². The lowest BCUT2D eigenvalue weighted by atomic mass is 9.78. The van der Waals surface area contributed by atoms with Crippen molar-refractivity contribution in [3.8, 4) is 0 Å². The molecule has 6 heterocycles. The van der Waals surface area contributed by atoms with Crippen LogP contribution < -0.4 is 5.43 Å². The molecule has 0 bridgehead atoms. The zero-order chi connectivity index (χ0) is 26.1. The van der Waals surface area contributed by atoms with Crippen molar-refractivity contribution in [1.82, 2.24) is 23.9 Å². The zero-order valence-corrected chi connectivity index (χ0v) is 22.3. The van der Waals surface area contributed by atoms with Crippen molar-refractivity contribution in [3.63, 3.8) is 0 Å². The van der Waals surface area contributed by atoms with Gasteiger partial charge in [-0.05, 0) is 37.3 Å². The number of rotatable bonds is 5. The van der Waals surface area contributed by atoms with Crippen LogP contribution in [0.4, 0.5) is 5.82 Å². The molecule has 4 aliphatic heterocycles. The van der Waals surface area contributed by atoms with Crippen LogP contribution in [0.2, 0.25) is 0 Å². The van der Waals surface area contributed by atoms with Gasteiger partial charge in [-0.15, -0.1) is 0 Å². The number of fused-ring (bicyclic) bond motifs is 4. The van der Waals surface area contributed by atoms with Crippen molar-refractivity contribution >= 4 is 50.4 Å². The Morgan fingerprint density at radius 1 is 1.18 bits per heavy atom. The average molecular weight is 531 g/mol. The maximum absolute atomic E-state index is 12.0. The summed E-state index contributed by atoms with van der Waals surface area (Å²) in [5, 5.41) is 8.31. The fourth-order valence-electron chi connectivity index (χ4n) is 5.93. The number of nitrogens with one attached hydrogen (secondary N) is 1. The van der Waals surface area contributed by atoms with Crippen molar-refractivity contribution < 1.29 is 8.42 Å². The fourth-order valence-corrected chi connectivity index (χ4v) is 6.70. The van der Waals surface area contributed by atoms with Crippen LogP contribution in [0.5, 0.6) is 0 Å². The quantitative estimate of drug-likeness (QED) is 0.639. The Labute approximate surface area is 222 Å². The van der Waals surface area contributed by atoms with Crippen LogP contribution in [0.25, 0.3) is 22.6 Å². The Balaban J connectivity index is 1.26. The van der Waals surface area contributed by atoms with Crippen LogP contribution in [0, 0.1) is 5.41 Å². The molecule has 0 aromatic carbocycles. The third kappa shape index (κ3) is 3.71. The van der Waals surface area contributed by atoms with Crippen LogP contribution >= 0.6 is 0 Å². The molecule has 0 amide bonds. The molecule has 0 saturated heterocycles. The van der Waals surface area contributed by atoms with E-state index in [1.54, 1.807) is 6.34 Å². The lowest BCUT2D eigenvalue weighted by Crippen LogP contribution is -2.34. The average Bonchev–Trinajstić information content (AvgIpc) is 3.47. The van der Waals surface area contributed by atoms with Crippen LogP contribution in [0.15, 0.2) is 52.7 Å². The molecule has 2 aromatic heterocycles. The number of aliphatic imine (C=N–C) groups is 1. The van der Waals surface area contributed by atoms with Gasteiger partial charge in [-0.3, -0.25) is 15.1 Å². The van der Waals surface area contributed by atoms with E-state index in [9.17, 15) is 8.42 Å². The third-order valence-electron chi connectivity index (χ3n) is 7.98. The topological polar surface area (TPSA) is 98.4 Å². The van der Waals surface area contributed by atoms with E-state index in [2.05, 4.69) is 69.9 Å². The summed E-state index contributed by atoms with van der Waals surface area (Å²) >= 11 is 0. The minimum atomic E-state index is -3.21. The predicted octanol–water partition coefficient (Wildman–Crippen LogP) is 2.74. The van der Waals surface area contributed by atoms with E-state index in [0.29, 0.717) is 25.3 Å². The van der Waals surface area contributed by atoms with Gasteiger partial charge in [0.15, 0.2) is 5.82 Å². The SMILES string of the molecule is CC12C=Cc3c(nc4c5c3cc(C3=CCN(S(C)(=O)=O)CC3)n5NC=N4)C1=NN(CCN1C=CC=CC1)C2. The molecular formula is C27H30N8O2S. The van der Waals surface area contributed by atoms with Gasteiger partial charge in [0, 0.05) is 37.1 Å². The highest BCUT2D eigenvalue weighted by Gasteiger charge is 2.42. The van der Waals surface area contributed by atoms with Crippen molar-refractivity contribution in [3.05, 3.63) is 59.6 Å². The molecular weight excluding hydrogens is 500 g/mol. The second-order valence-corrected chi connectivity index (χ2v) is 12.6. The van der Waals surface area contributed by atoms with Gasteiger partial charge in [0.05, 0.1) is 41.9 Å². The van der Waals surface area contributed by atoms with E-state index >= 15 is 0 Å². The molecule has 11 heteroatoms. The highest BCUT2D eigenvalue weighted by Crippen LogP contribution is 2.43. The van der Waals surface area contributed by atoms with Crippen molar-refractivity contribution in [1.29, 1.82) is 0 Å². The van der Waals surface area contributed by atoms with Gasteiger partial charge in [-0.25, -0.2) is 18.4 Å². The minimum absolute atomic E-state index is 0.207. The first-order chi connectivity index (χ1) is 18.3. The van der Waals surface area contributed by atoms with E-state index in [1.807, 2.05) is 10.8 Å². The number of aromatic nitrogens is 2. The molecule has 5 aliphatic rings. The van der Waals surface area contributed by atoms with E-state index in [-0.39, 0.29) is 5.41 Å². The van der Waals surface area contributed by atoms with Gasteiger partial charge in [-0.2, -0.15) is 9.41 Å². The van der Waals surface area contributed by atoms with Crippen LogP contribution in [-0.2, 0) is 10.0 Å². The summed E-state index contributed by atoms with van der Waals surface area (Å²) in [6.07, 6.45) is 18.5. The molecule has 1 unspecified atom stereocenters. The molecule has 2 aromatic rings. The van der Waals surface area contributed by atoms with E-state index in [1.165, 1.54) is 10.6 Å². The van der Waals surface area contributed by atoms with E-state index in [4.69, 9.17) is 10.1 Å². The summed E-state index contributed by atoms with van der Waals surface area (Å²) in [5.41, 5.74) is 9.05. The number of pyridine rings is 1. The number of sulfonamides is 1. The summed E-state index contributed by atoms with van der Waals surface area (Å²) in [6.45, 7) is 6.58. The van der Waals surface area contributed by atoms with Crippen molar-refractivity contribution in [2.45, 2.75) is 13.3 Å². The van der Waals surface area contributed by atoms with Gasteiger partial charge in [0.2, 0.25) is 10.0 Å². The molecule has 196 valence electrons. The fraction of sp³-hybridized carbons (Fsp3) is 0.370. The first kappa shape index (κ1) is 23.4. The third-order valence-corrected chi connectivity index (χ3v) is 9.25. The Morgan fingerprint density at radius 2 is 2.08 bits per heavy atom. The summed E-state index contributed by atoms with van der Waals surface area (Å²) in [5.74, 6) is 0.668. The van der Waals surface area contributed by atoms with Crippen molar-refractivity contribution in [2.75, 3.05) is 51.0 Å². The molecule has 0 fully saturated rings. The van der Waals surface area contributed by atoms with Gasteiger partial charge in [0.1, 0.15) is 11.9 Å². The maximum atomic E-state index is 12.0. The van der Waals surface area contributed by atoms with Crippen molar-refractivity contribution in [2.24, 2.45) is 15.5 Å². The normalized spacial score (nSPS) is 23.9. The Hall–Kier alpha value is -3.70. The Morgan fingerprint density at radius 3 is 2.84 bits per heavy atom. The molecule has 1 atom stereocenters. The number of hydrogen-bond donors (Lipinski definition) is 1. The van der Waals surface area contributed by atoms with E-state index in [0.717, 1.165) is 65.3 Å². The first-order valence-electron chi connectivity index (χ1n) is 12.9. The van der Waals surface area contributed by atoms with Crippen LogP contribution in [-0.4, -0.2) is 89.9 Å². The van der Waals surface area contributed by atoms with Gasteiger partial charge in [-0.1, -0.05) is 30.4 Å². The number of allylic oxidation sites excluding steroid dienone is 2. The second kappa shape index (κ2) is 8.40. The molecule has 0 spiro atoms. The first-order valence-corrected chi connectivity index (χ1v) is 14.8. The molecule has 38 heavy (non-hydrogen) atoms. The number of nitrogens with zero attached hydrogens (tertiary/aromatic N) is 7. The highest BCUT2D eigenvalue weighted by atomic mass is 32.2. The minimum Gasteiger partial charge on any atom is -0.372 e. The second-order valence-electron chi connectivity index (χ2n) is 10.7. The monoisotopic (exact) mass is 530 g/mol. The molecule has 1 N–H and O–H groups in total. The Bertz CT molecular complexity index is 1640. The predicted molar refractivity (Wildman–Crippen MR) is 151 cm³/mol. The largest absolute Gasteiger partial charge is 0.372 e. The summed E-state index contributed by atoms with van der Waals surface area (Å²) in [4.78, 5) is 11.9. The summed E-state index contributed by atoms with van der Waals surface area (Å²) in [7, 11) is -3.21. The molecule has 0 radical (unpaired) electrons. The lowest BCUT2D eigenvalue weighted by molar-refractivity contribution is 0.246. The smallest absolute Gasteiger partial charge is 0.211 e. The standard InChI is InChI=1S/C27H30N8O2S/c1-27-9-6-20-21-16-22(19-7-12-34(13-8-19)38(2,36)37)35-24(21)26(28-18-29-35)30-23(20)25(27)31-33(17-27)15-14-32-10-4-3-5-11-32/h3-7,9-10,16,18H,8,11-15,17H2,1-2H3,(H,28,29,30). The van der Waals surface area contributed by atoms with Crippen LogP contribution in [0.1, 0.15) is 30.3 Å². The van der Waals surface area contributed by atoms with Gasteiger partial charge < -0.3 is 4.90 Å². The van der Waals surface area contributed by atoms with Gasteiger partial charge in [0.25, 0.3) is 0 Å². The molecule has 10 nitrogen and oxygen atoms in total. The lowest BCUT2D eigenvalue weighted by Gasteiger charge is -2.28. The van der Waals surface area contributed by atoms with E-state index < -0.39 is 10.0 Å². The summed E-state index contributed by atoms with van der Waals surface area (Å²) < 4.78 is 27.5. The highest BCUT2D eigenvalue weighted by molar-refractivity contribution is 7.88. The maximum Gasteiger partial charge on any atom is 0.211 e. The van der Waals surface area contributed by atoms with Gasteiger partial charge >= 0.3 is 0 Å². The summed E-state index contributed by atoms with van der Waals surface area (Å²) in [6, 6.07) is 2.18. The molecule has 0 saturated carbocycles. The number of hydrogen-bond acceptors (Lipinski definition) is 8. The Kier molecular flexibility index (Phi) is 5.18. The molecule has 1 aliphatic carbocycles. The molecule has 7 rings (SSSR count).